The van der Waals surface area contributed by atoms with Crippen LogP contribution in [-0.4, -0.2) is 44.2 Å². The Morgan fingerprint density at radius 3 is 2.56 bits per heavy atom. The summed E-state index contributed by atoms with van der Waals surface area (Å²) in [5.41, 5.74) is 0.647. The van der Waals surface area contributed by atoms with E-state index in [-0.39, 0.29) is 11.7 Å². The van der Waals surface area contributed by atoms with Crippen LogP contribution in [0.3, 0.4) is 0 Å². The molecule has 1 amide bonds. The van der Waals surface area contributed by atoms with Crippen LogP contribution in [0.2, 0.25) is 0 Å². The summed E-state index contributed by atoms with van der Waals surface area (Å²) in [6.45, 7) is 3.24. The quantitative estimate of drug-likeness (QED) is 0.592. The lowest BCUT2D eigenvalue weighted by Gasteiger charge is -2.16. The number of benzene rings is 2. The first-order valence-corrected chi connectivity index (χ1v) is 9.44. The van der Waals surface area contributed by atoms with E-state index >= 15 is 0 Å². The molecule has 1 unspecified atom stereocenters. The third kappa shape index (κ3) is 7.19. The van der Waals surface area contributed by atoms with E-state index in [4.69, 9.17) is 9.47 Å². The molecule has 5 nitrogen and oxygen atoms in total. The number of nitrogens with one attached hydrogen (secondary N) is 1. The summed E-state index contributed by atoms with van der Waals surface area (Å²) in [5, 5.41) is 2.79. The molecule has 1 N–H and O–H groups in total. The molecule has 0 heterocycles. The van der Waals surface area contributed by atoms with E-state index in [0.29, 0.717) is 22.5 Å². The van der Waals surface area contributed by atoms with Crippen LogP contribution in [0.4, 0.5) is 10.1 Å². The van der Waals surface area contributed by atoms with Gasteiger partial charge in [-0.2, -0.15) is 0 Å². The Morgan fingerprint density at radius 2 is 1.93 bits per heavy atom. The zero-order valence-corrected chi connectivity index (χ0v) is 17.3. The highest BCUT2D eigenvalue weighted by Gasteiger charge is 2.16. The highest BCUT2D eigenvalue weighted by Crippen LogP contribution is 2.26. The SMILES string of the molecule is CC(Oc1ccc(F)cc1Br)C(=O)Nc1ccc(OCCCN(C)C)cc1. The summed E-state index contributed by atoms with van der Waals surface area (Å²) in [7, 11) is 4.05. The van der Waals surface area contributed by atoms with Gasteiger partial charge in [0.05, 0.1) is 11.1 Å². The molecule has 0 aliphatic heterocycles. The van der Waals surface area contributed by atoms with Crippen molar-refractivity contribution in [2.24, 2.45) is 0 Å². The van der Waals surface area contributed by atoms with Crippen LogP contribution >= 0.6 is 15.9 Å². The number of ether oxygens (including phenoxy) is 2. The normalized spacial score (nSPS) is 11.9. The summed E-state index contributed by atoms with van der Waals surface area (Å²) in [6.07, 6.45) is 0.202. The Bertz CT molecular complexity index is 753. The first kappa shape index (κ1) is 21.2. The van der Waals surface area contributed by atoms with Crippen LogP contribution in [0, 0.1) is 5.82 Å². The third-order valence-electron chi connectivity index (χ3n) is 3.71. The molecule has 7 heteroatoms. The lowest BCUT2D eigenvalue weighted by molar-refractivity contribution is -0.122. The maximum absolute atomic E-state index is 13.1. The first-order valence-electron chi connectivity index (χ1n) is 8.65. The van der Waals surface area contributed by atoms with Gasteiger partial charge in [0.25, 0.3) is 5.91 Å². The van der Waals surface area contributed by atoms with Gasteiger partial charge < -0.3 is 19.7 Å². The van der Waals surface area contributed by atoms with Crippen LogP contribution in [-0.2, 0) is 4.79 Å². The van der Waals surface area contributed by atoms with E-state index in [1.807, 2.05) is 26.2 Å². The van der Waals surface area contributed by atoms with E-state index in [0.717, 1.165) is 18.7 Å². The number of anilines is 1. The van der Waals surface area contributed by atoms with Crippen molar-refractivity contribution < 1.29 is 18.7 Å². The Labute approximate surface area is 167 Å². The first-order chi connectivity index (χ1) is 12.8. The van der Waals surface area contributed by atoms with Crippen molar-refractivity contribution >= 4 is 27.5 Å². The molecule has 0 spiro atoms. The Kier molecular flexibility index (Phi) is 8.06. The number of rotatable bonds is 9. The third-order valence-corrected chi connectivity index (χ3v) is 4.33. The van der Waals surface area contributed by atoms with Crippen LogP contribution < -0.4 is 14.8 Å². The second-order valence-corrected chi connectivity index (χ2v) is 7.21. The molecule has 0 aromatic heterocycles. The van der Waals surface area contributed by atoms with Gasteiger partial charge in [0.1, 0.15) is 17.3 Å². The average molecular weight is 439 g/mol. The monoisotopic (exact) mass is 438 g/mol. The van der Waals surface area contributed by atoms with Crippen LogP contribution in [0.1, 0.15) is 13.3 Å². The largest absolute Gasteiger partial charge is 0.494 e. The Hall–Kier alpha value is -2.12. The lowest BCUT2D eigenvalue weighted by atomic mass is 10.2. The molecule has 0 radical (unpaired) electrons. The van der Waals surface area contributed by atoms with Gasteiger partial charge in [0.15, 0.2) is 6.10 Å². The summed E-state index contributed by atoms with van der Waals surface area (Å²) in [4.78, 5) is 14.4. The van der Waals surface area contributed by atoms with E-state index < -0.39 is 6.10 Å². The second-order valence-electron chi connectivity index (χ2n) is 6.35. The summed E-state index contributed by atoms with van der Waals surface area (Å²) >= 11 is 3.22. The summed E-state index contributed by atoms with van der Waals surface area (Å²) in [6, 6.07) is 11.2. The van der Waals surface area contributed by atoms with Crippen molar-refractivity contribution in [3.63, 3.8) is 0 Å². The molecule has 2 aromatic carbocycles. The molecular weight excluding hydrogens is 415 g/mol. The van der Waals surface area contributed by atoms with E-state index in [2.05, 4.69) is 26.1 Å². The molecule has 0 aliphatic carbocycles. The van der Waals surface area contributed by atoms with Gasteiger partial charge >= 0.3 is 0 Å². The van der Waals surface area contributed by atoms with Crippen LogP contribution in [0.15, 0.2) is 46.9 Å². The van der Waals surface area contributed by atoms with E-state index in [9.17, 15) is 9.18 Å². The van der Waals surface area contributed by atoms with E-state index in [1.165, 1.54) is 18.2 Å². The van der Waals surface area contributed by atoms with Crippen molar-refractivity contribution in [1.82, 2.24) is 4.90 Å². The molecule has 2 aromatic rings. The number of hydrogen-bond donors (Lipinski definition) is 1. The molecule has 0 bridgehead atoms. The average Bonchev–Trinajstić information content (AvgIpc) is 2.62. The van der Waals surface area contributed by atoms with Gasteiger partial charge in [-0.1, -0.05) is 0 Å². The number of amides is 1. The summed E-state index contributed by atoms with van der Waals surface area (Å²) < 4.78 is 24.8. The Morgan fingerprint density at radius 1 is 1.22 bits per heavy atom. The van der Waals surface area contributed by atoms with Gasteiger partial charge in [0.2, 0.25) is 0 Å². The molecule has 0 fully saturated rings. The highest BCUT2D eigenvalue weighted by molar-refractivity contribution is 9.10. The van der Waals surface area contributed by atoms with E-state index in [1.54, 1.807) is 19.1 Å². The number of carbonyl (C=O) groups excluding carboxylic acids is 1. The lowest BCUT2D eigenvalue weighted by Crippen LogP contribution is -2.30. The number of carbonyl (C=O) groups is 1. The fourth-order valence-electron chi connectivity index (χ4n) is 2.26. The molecule has 27 heavy (non-hydrogen) atoms. The minimum absolute atomic E-state index is 0.300. The minimum Gasteiger partial charge on any atom is -0.494 e. The molecule has 0 saturated carbocycles. The predicted octanol–water partition coefficient (Wildman–Crippen LogP) is 4.32. The molecular formula is C20H24BrFN2O3. The number of halogens is 2. The van der Waals surface area contributed by atoms with Gasteiger partial charge in [-0.3, -0.25) is 4.79 Å². The Balaban J connectivity index is 1.83. The second kappa shape index (κ2) is 10.3. The molecule has 0 aliphatic rings. The standard InChI is InChI=1S/C20H24BrFN2O3/c1-14(27-19-10-5-15(22)13-18(19)21)20(25)23-16-6-8-17(9-7-16)26-12-4-11-24(2)3/h5-10,13-14H,4,11-12H2,1-3H3,(H,23,25). The zero-order chi connectivity index (χ0) is 19.8. The van der Waals surface area contributed by atoms with Crippen molar-refractivity contribution in [3.05, 3.63) is 52.8 Å². The summed E-state index contributed by atoms with van der Waals surface area (Å²) in [5.74, 6) is 0.480. The smallest absolute Gasteiger partial charge is 0.265 e. The van der Waals surface area contributed by atoms with Crippen molar-refractivity contribution in [3.8, 4) is 11.5 Å². The van der Waals surface area contributed by atoms with Gasteiger partial charge in [0, 0.05) is 12.2 Å². The fourth-order valence-corrected chi connectivity index (χ4v) is 2.71. The van der Waals surface area contributed by atoms with Gasteiger partial charge in [-0.05, 0) is 85.8 Å². The topological polar surface area (TPSA) is 50.8 Å². The van der Waals surface area contributed by atoms with Crippen LogP contribution in [0.5, 0.6) is 11.5 Å². The van der Waals surface area contributed by atoms with Crippen LogP contribution in [0.25, 0.3) is 0 Å². The van der Waals surface area contributed by atoms with Crippen molar-refractivity contribution in [1.29, 1.82) is 0 Å². The van der Waals surface area contributed by atoms with Crippen molar-refractivity contribution in [2.75, 3.05) is 32.6 Å². The molecule has 1 atom stereocenters. The van der Waals surface area contributed by atoms with Gasteiger partial charge in [-0.25, -0.2) is 4.39 Å². The molecule has 0 saturated heterocycles. The van der Waals surface area contributed by atoms with Crippen molar-refractivity contribution in [2.45, 2.75) is 19.4 Å². The van der Waals surface area contributed by atoms with Gasteiger partial charge in [-0.15, -0.1) is 0 Å². The highest BCUT2D eigenvalue weighted by atomic mass is 79.9. The fraction of sp³-hybridized carbons (Fsp3) is 0.350. The number of hydrogen-bond acceptors (Lipinski definition) is 4. The molecule has 146 valence electrons. The maximum Gasteiger partial charge on any atom is 0.265 e. The predicted molar refractivity (Wildman–Crippen MR) is 108 cm³/mol. The zero-order valence-electron chi connectivity index (χ0n) is 15.7. The maximum atomic E-state index is 13.1. The molecule has 2 rings (SSSR count). The number of nitrogens with zero attached hydrogens (tertiary/aromatic N) is 1. The minimum atomic E-state index is -0.742.